The maximum atomic E-state index is 13.1. The van der Waals surface area contributed by atoms with Gasteiger partial charge in [-0.15, -0.1) is 11.3 Å². The normalized spacial score (nSPS) is 10.8. The Labute approximate surface area is 113 Å². The third kappa shape index (κ3) is 2.53. The Hall–Kier alpha value is -2.07. The van der Waals surface area contributed by atoms with E-state index in [2.05, 4.69) is 4.98 Å². The quantitative estimate of drug-likeness (QED) is 0.677. The van der Waals surface area contributed by atoms with Crippen molar-refractivity contribution in [1.29, 1.82) is 0 Å². The van der Waals surface area contributed by atoms with Gasteiger partial charge in [-0.3, -0.25) is 9.78 Å². The number of nitrogens with zero attached hydrogens (tertiary/aromatic N) is 1. The molecule has 0 saturated heterocycles. The fraction of sp³-hybridized carbons (Fsp3) is 0.0667. The summed E-state index contributed by atoms with van der Waals surface area (Å²) in [7, 11) is 0. The van der Waals surface area contributed by atoms with Gasteiger partial charge in [0, 0.05) is 23.5 Å². The molecule has 94 valence electrons. The zero-order valence-electron chi connectivity index (χ0n) is 9.97. The average molecular weight is 271 g/mol. The Balaban J connectivity index is 1.89. The van der Waals surface area contributed by atoms with E-state index in [-0.39, 0.29) is 11.6 Å². The Morgan fingerprint density at radius 3 is 2.95 bits per heavy atom. The second-order valence-corrected chi connectivity index (χ2v) is 5.34. The fourth-order valence-corrected chi connectivity index (χ4v) is 2.91. The molecule has 0 bridgehead atoms. The van der Waals surface area contributed by atoms with Gasteiger partial charge in [0.1, 0.15) is 5.82 Å². The van der Waals surface area contributed by atoms with Gasteiger partial charge in [0.15, 0.2) is 5.78 Å². The third-order valence-corrected chi connectivity index (χ3v) is 4.00. The van der Waals surface area contributed by atoms with Gasteiger partial charge in [-0.1, -0.05) is 6.07 Å². The Morgan fingerprint density at radius 2 is 2.16 bits per heavy atom. The SMILES string of the molecule is O=C(Cc1cccnc1)c1cc2cc(F)ccc2s1. The molecule has 0 N–H and O–H groups in total. The summed E-state index contributed by atoms with van der Waals surface area (Å²) in [6.45, 7) is 0. The van der Waals surface area contributed by atoms with Crippen LogP contribution in [-0.4, -0.2) is 10.8 Å². The number of rotatable bonds is 3. The first-order chi connectivity index (χ1) is 9.22. The summed E-state index contributed by atoms with van der Waals surface area (Å²) < 4.78 is 14.0. The lowest BCUT2D eigenvalue weighted by molar-refractivity contribution is 0.0997. The minimum absolute atomic E-state index is 0.0367. The smallest absolute Gasteiger partial charge is 0.177 e. The highest BCUT2D eigenvalue weighted by Gasteiger charge is 2.11. The molecule has 0 spiro atoms. The fourth-order valence-electron chi connectivity index (χ4n) is 1.93. The van der Waals surface area contributed by atoms with Crippen LogP contribution < -0.4 is 0 Å². The molecule has 3 aromatic rings. The van der Waals surface area contributed by atoms with Crippen molar-refractivity contribution in [2.75, 3.05) is 0 Å². The maximum Gasteiger partial charge on any atom is 0.177 e. The molecule has 0 aliphatic rings. The molecule has 0 atom stereocenters. The number of benzene rings is 1. The molecule has 0 amide bonds. The van der Waals surface area contributed by atoms with Crippen LogP contribution in [0.15, 0.2) is 48.8 Å². The van der Waals surface area contributed by atoms with Crippen LogP contribution in [0.3, 0.4) is 0 Å². The monoisotopic (exact) mass is 271 g/mol. The highest BCUT2D eigenvalue weighted by atomic mass is 32.1. The molecule has 0 aliphatic heterocycles. The van der Waals surface area contributed by atoms with Crippen molar-refractivity contribution in [3.8, 4) is 0 Å². The van der Waals surface area contributed by atoms with E-state index in [4.69, 9.17) is 0 Å². The maximum absolute atomic E-state index is 13.1. The van der Waals surface area contributed by atoms with Crippen molar-refractivity contribution in [2.24, 2.45) is 0 Å². The van der Waals surface area contributed by atoms with E-state index in [0.717, 1.165) is 15.6 Å². The second kappa shape index (κ2) is 4.90. The van der Waals surface area contributed by atoms with Crippen molar-refractivity contribution in [3.63, 3.8) is 0 Å². The highest BCUT2D eigenvalue weighted by Crippen LogP contribution is 2.27. The summed E-state index contributed by atoms with van der Waals surface area (Å²) in [5.41, 5.74) is 0.885. The van der Waals surface area contributed by atoms with Crippen LogP contribution in [0.25, 0.3) is 10.1 Å². The van der Waals surface area contributed by atoms with Crippen molar-refractivity contribution in [2.45, 2.75) is 6.42 Å². The molecule has 3 rings (SSSR count). The largest absolute Gasteiger partial charge is 0.293 e. The molecule has 2 aromatic heterocycles. The van der Waals surface area contributed by atoms with Gasteiger partial charge in [-0.25, -0.2) is 4.39 Å². The van der Waals surface area contributed by atoms with Crippen LogP contribution in [0, 0.1) is 5.82 Å². The Morgan fingerprint density at radius 1 is 1.26 bits per heavy atom. The van der Waals surface area contributed by atoms with E-state index in [1.165, 1.54) is 23.5 Å². The van der Waals surface area contributed by atoms with E-state index < -0.39 is 0 Å². The molecule has 0 radical (unpaired) electrons. The molecule has 1 aromatic carbocycles. The van der Waals surface area contributed by atoms with Gasteiger partial charge < -0.3 is 0 Å². The Bertz CT molecular complexity index is 736. The van der Waals surface area contributed by atoms with E-state index in [0.29, 0.717) is 11.3 Å². The van der Waals surface area contributed by atoms with E-state index in [1.54, 1.807) is 24.5 Å². The molecule has 4 heteroatoms. The summed E-state index contributed by atoms with van der Waals surface area (Å²) in [5.74, 6) is -0.244. The van der Waals surface area contributed by atoms with Gasteiger partial charge in [0.2, 0.25) is 0 Å². The molecular weight excluding hydrogens is 261 g/mol. The number of halogens is 1. The van der Waals surface area contributed by atoms with Crippen molar-refractivity contribution in [3.05, 3.63) is 65.0 Å². The number of thiophene rings is 1. The van der Waals surface area contributed by atoms with Gasteiger partial charge >= 0.3 is 0 Å². The van der Waals surface area contributed by atoms with Gasteiger partial charge in [0.05, 0.1) is 4.88 Å². The first-order valence-corrected chi connectivity index (χ1v) is 6.65. The molecule has 0 aliphatic carbocycles. The average Bonchev–Trinajstić information content (AvgIpc) is 2.83. The number of carbonyl (C=O) groups is 1. The lowest BCUT2D eigenvalue weighted by Crippen LogP contribution is -2.01. The zero-order valence-corrected chi connectivity index (χ0v) is 10.8. The summed E-state index contributed by atoms with van der Waals surface area (Å²) in [6, 6.07) is 10.00. The second-order valence-electron chi connectivity index (χ2n) is 4.25. The number of hydrogen-bond acceptors (Lipinski definition) is 3. The van der Waals surface area contributed by atoms with Crippen molar-refractivity contribution >= 4 is 27.2 Å². The molecular formula is C15H10FNOS. The molecule has 2 nitrogen and oxygen atoms in total. The molecule has 0 fully saturated rings. The van der Waals surface area contributed by atoms with E-state index in [9.17, 15) is 9.18 Å². The lowest BCUT2D eigenvalue weighted by Gasteiger charge is -1.97. The minimum atomic E-state index is -0.281. The zero-order chi connectivity index (χ0) is 13.2. The molecule has 0 saturated carbocycles. The van der Waals surface area contributed by atoms with Crippen LogP contribution in [0.5, 0.6) is 0 Å². The molecule has 19 heavy (non-hydrogen) atoms. The number of pyridine rings is 1. The number of Topliss-reactive ketones (excluding diaryl/α,β-unsaturated/α-hetero) is 1. The topological polar surface area (TPSA) is 30.0 Å². The van der Waals surface area contributed by atoms with Crippen molar-refractivity contribution < 1.29 is 9.18 Å². The summed E-state index contributed by atoms with van der Waals surface area (Å²) in [4.78, 5) is 16.8. The van der Waals surface area contributed by atoms with Crippen LogP contribution in [0.2, 0.25) is 0 Å². The lowest BCUT2D eigenvalue weighted by atomic mass is 10.1. The number of ketones is 1. The number of hydrogen-bond donors (Lipinski definition) is 0. The van der Waals surface area contributed by atoms with Crippen molar-refractivity contribution in [1.82, 2.24) is 4.98 Å². The van der Waals surface area contributed by atoms with Crippen LogP contribution in [0.4, 0.5) is 4.39 Å². The molecule has 2 heterocycles. The Kier molecular flexibility index (Phi) is 3.09. The first-order valence-electron chi connectivity index (χ1n) is 5.83. The van der Waals surface area contributed by atoms with E-state index >= 15 is 0 Å². The minimum Gasteiger partial charge on any atom is -0.293 e. The highest BCUT2D eigenvalue weighted by molar-refractivity contribution is 7.20. The molecule has 0 unspecified atom stereocenters. The van der Waals surface area contributed by atoms with E-state index in [1.807, 2.05) is 12.1 Å². The predicted octanol–water partition coefficient (Wildman–Crippen LogP) is 3.86. The number of fused-ring (bicyclic) bond motifs is 1. The van der Waals surface area contributed by atoms with Gasteiger partial charge in [-0.2, -0.15) is 0 Å². The van der Waals surface area contributed by atoms with Gasteiger partial charge in [0.25, 0.3) is 0 Å². The standard InChI is InChI=1S/C15H10FNOS/c16-12-3-4-14-11(7-12)8-15(19-14)13(18)6-10-2-1-5-17-9-10/h1-5,7-9H,6H2. The summed E-state index contributed by atoms with van der Waals surface area (Å²) in [5, 5.41) is 0.777. The van der Waals surface area contributed by atoms with Gasteiger partial charge in [-0.05, 0) is 41.3 Å². The number of aromatic nitrogens is 1. The number of carbonyl (C=O) groups excluding carboxylic acids is 1. The van der Waals surface area contributed by atoms with Crippen LogP contribution >= 0.6 is 11.3 Å². The summed E-state index contributed by atoms with van der Waals surface area (Å²) >= 11 is 1.40. The van der Waals surface area contributed by atoms with Crippen LogP contribution in [0.1, 0.15) is 15.2 Å². The predicted molar refractivity (Wildman–Crippen MR) is 74.1 cm³/mol. The van der Waals surface area contributed by atoms with Crippen LogP contribution in [-0.2, 0) is 6.42 Å². The summed E-state index contributed by atoms with van der Waals surface area (Å²) in [6.07, 6.45) is 3.68. The first kappa shape index (κ1) is 12.0. The third-order valence-electron chi connectivity index (χ3n) is 2.84.